The first kappa shape index (κ1) is 27.4. The molecular formula is C32H34F2O4. The van der Waals surface area contributed by atoms with Gasteiger partial charge in [-0.05, 0) is 101 Å². The molecule has 4 rings (SSSR count). The van der Waals surface area contributed by atoms with E-state index in [1.165, 1.54) is 17.7 Å². The zero-order valence-electron chi connectivity index (χ0n) is 22.3. The van der Waals surface area contributed by atoms with Crippen molar-refractivity contribution in [2.75, 3.05) is 7.11 Å². The van der Waals surface area contributed by atoms with Crippen LogP contribution in [0.2, 0.25) is 0 Å². The van der Waals surface area contributed by atoms with Crippen molar-refractivity contribution in [1.29, 1.82) is 0 Å². The van der Waals surface area contributed by atoms with Crippen LogP contribution in [0.4, 0.5) is 8.78 Å². The van der Waals surface area contributed by atoms with Crippen LogP contribution in [-0.2, 0) is 11.4 Å². The third kappa shape index (κ3) is 5.90. The lowest BCUT2D eigenvalue weighted by Crippen LogP contribution is -2.10. The number of carbonyl (C=O) groups is 1. The van der Waals surface area contributed by atoms with Crippen molar-refractivity contribution in [2.45, 2.75) is 59.0 Å². The van der Waals surface area contributed by atoms with Crippen LogP contribution in [0.3, 0.4) is 0 Å². The molecule has 1 aliphatic rings. The summed E-state index contributed by atoms with van der Waals surface area (Å²) >= 11 is 0. The van der Waals surface area contributed by atoms with Crippen LogP contribution in [0.25, 0.3) is 16.7 Å². The van der Waals surface area contributed by atoms with Crippen LogP contribution in [0.15, 0.2) is 60.7 Å². The Morgan fingerprint density at radius 1 is 0.974 bits per heavy atom. The molecule has 0 amide bonds. The minimum atomic E-state index is -0.966. The molecule has 0 saturated heterocycles. The highest BCUT2D eigenvalue weighted by molar-refractivity contribution is 5.85. The SMILES string of the molecule is CC[C@@H](CC(=O)O)c1cc(OCc2ccc(-c3cc(OC)ccc3F)c(C3=CCCC3(C)C)c2)ccc1F. The van der Waals surface area contributed by atoms with E-state index in [0.29, 0.717) is 29.0 Å². The summed E-state index contributed by atoms with van der Waals surface area (Å²) in [6.45, 7) is 6.46. The number of benzene rings is 3. The van der Waals surface area contributed by atoms with Gasteiger partial charge in [-0.1, -0.05) is 39.0 Å². The number of hydrogen-bond donors (Lipinski definition) is 1. The van der Waals surface area contributed by atoms with Gasteiger partial charge in [-0.2, -0.15) is 0 Å². The zero-order valence-corrected chi connectivity index (χ0v) is 22.3. The predicted octanol–water partition coefficient (Wildman–Crippen LogP) is 8.39. The number of methoxy groups -OCH3 is 1. The Balaban J connectivity index is 1.67. The van der Waals surface area contributed by atoms with Crippen molar-refractivity contribution < 1.29 is 28.2 Å². The number of halogens is 2. The summed E-state index contributed by atoms with van der Waals surface area (Å²) in [5, 5.41) is 9.20. The Hall–Kier alpha value is -3.67. The average Bonchev–Trinajstić information content (AvgIpc) is 3.25. The summed E-state index contributed by atoms with van der Waals surface area (Å²) in [7, 11) is 1.56. The fourth-order valence-corrected chi connectivity index (χ4v) is 5.22. The van der Waals surface area contributed by atoms with E-state index in [2.05, 4.69) is 19.9 Å². The van der Waals surface area contributed by atoms with Gasteiger partial charge in [0.1, 0.15) is 29.7 Å². The van der Waals surface area contributed by atoms with E-state index >= 15 is 0 Å². The molecule has 0 aromatic heterocycles. The number of carboxylic acids is 1. The quantitative estimate of drug-likeness (QED) is 0.292. The third-order valence-electron chi connectivity index (χ3n) is 7.41. The first-order chi connectivity index (χ1) is 18.1. The molecule has 1 aliphatic carbocycles. The summed E-state index contributed by atoms with van der Waals surface area (Å²) in [6.07, 6.45) is 4.55. The molecule has 0 spiro atoms. The monoisotopic (exact) mass is 520 g/mol. The maximum atomic E-state index is 15.0. The van der Waals surface area contributed by atoms with Crippen LogP contribution in [-0.4, -0.2) is 18.2 Å². The Kier molecular flexibility index (Phi) is 8.20. The number of rotatable bonds is 10. The van der Waals surface area contributed by atoms with E-state index in [1.807, 2.05) is 25.1 Å². The van der Waals surface area contributed by atoms with Gasteiger partial charge in [-0.15, -0.1) is 0 Å². The molecule has 3 aromatic carbocycles. The minimum absolute atomic E-state index is 0.0608. The number of hydrogen-bond acceptors (Lipinski definition) is 3. The predicted molar refractivity (Wildman–Crippen MR) is 145 cm³/mol. The zero-order chi connectivity index (χ0) is 27.4. The average molecular weight is 521 g/mol. The Labute approximate surface area is 222 Å². The van der Waals surface area contributed by atoms with E-state index in [4.69, 9.17) is 9.47 Å². The lowest BCUT2D eigenvalue weighted by Gasteiger charge is -2.25. The number of aliphatic carboxylic acids is 1. The lowest BCUT2D eigenvalue weighted by molar-refractivity contribution is -0.137. The van der Waals surface area contributed by atoms with Crippen LogP contribution in [0.1, 0.15) is 69.1 Å². The molecule has 0 saturated carbocycles. The Morgan fingerprint density at radius 2 is 1.71 bits per heavy atom. The lowest BCUT2D eigenvalue weighted by atomic mass is 9.79. The van der Waals surface area contributed by atoms with Gasteiger partial charge >= 0.3 is 5.97 Å². The van der Waals surface area contributed by atoms with E-state index in [1.54, 1.807) is 31.4 Å². The molecule has 4 nitrogen and oxygen atoms in total. The second-order valence-electron chi connectivity index (χ2n) is 10.4. The van der Waals surface area contributed by atoms with E-state index in [9.17, 15) is 18.7 Å². The molecule has 6 heteroatoms. The first-order valence-electron chi connectivity index (χ1n) is 12.9. The summed E-state index contributed by atoms with van der Waals surface area (Å²) in [4.78, 5) is 11.2. The van der Waals surface area contributed by atoms with Crippen molar-refractivity contribution in [3.05, 3.63) is 89.0 Å². The van der Waals surface area contributed by atoms with Gasteiger partial charge in [0.05, 0.1) is 13.5 Å². The van der Waals surface area contributed by atoms with Crippen LogP contribution >= 0.6 is 0 Å². The number of allylic oxidation sites excluding steroid dienone is 2. The van der Waals surface area contributed by atoms with E-state index in [0.717, 1.165) is 29.5 Å². The normalized spacial score (nSPS) is 15.2. The highest BCUT2D eigenvalue weighted by atomic mass is 19.1. The number of carboxylic acid groups (broad SMARTS) is 1. The fourth-order valence-electron chi connectivity index (χ4n) is 5.22. The topological polar surface area (TPSA) is 55.8 Å². The molecule has 0 radical (unpaired) electrons. The molecule has 0 bridgehead atoms. The van der Waals surface area contributed by atoms with Crippen LogP contribution < -0.4 is 9.47 Å². The highest BCUT2D eigenvalue weighted by Gasteiger charge is 2.30. The number of ether oxygens (including phenoxy) is 2. The van der Waals surface area contributed by atoms with Crippen molar-refractivity contribution in [3.8, 4) is 22.6 Å². The largest absolute Gasteiger partial charge is 0.497 e. The summed E-state index contributed by atoms with van der Waals surface area (Å²) < 4.78 is 40.9. The molecule has 1 atom stereocenters. The van der Waals surface area contributed by atoms with Gasteiger partial charge in [-0.3, -0.25) is 4.79 Å². The fraction of sp³-hybridized carbons (Fsp3) is 0.344. The Morgan fingerprint density at radius 3 is 2.37 bits per heavy atom. The molecule has 1 N–H and O–H groups in total. The van der Waals surface area contributed by atoms with Gasteiger partial charge in [0.15, 0.2) is 0 Å². The van der Waals surface area contributed by atoms with Gasteiger partial charge in [0.25, 0.3) is 0 Å². The molecule has 0 aliphatic heterocycles. The second kappa shape index (κ2) is 11.4. The minimum Gasteiger partial charge on any atom is -0.497 e. The molecule has 200 valence electrons. The summed E-state index contributed by atoms with van der Waals surface area (Å²) in [5.41, 5.74) is 4.55. The van der Waals surface area contributed by atoms with Gasteiger partial charge in [0, 0.05) is 5.56 Å². The van der Waals surface area contributed by atoms with E-state index < -0.39 is 17.7 Å². The standard InChI is InChI=1S/C32H34F2O4/c1-5-21(16-31(35)36)25-18-23(10-13-29(25)33)38-19-20-8-11-24(27-17-22(37-4)9-12-30(27)34)26(15-20)28-7-6-14-32(28,2)3/h7-13,15,17-18,21H,5-6,14,16,19H2,1-4H3,(H,35,36)/t21-/m0/s1. The maximum absolute atomic E-state index is 15.0. The first-order valence-corrected chi connectivity index (χ1v) is 12.9. The van der Waals surface area contributed by atoms with Crippen molar-refractivity contribution in [3.63, 3.8) is 0 Å². The van der Waals surface area contributed by atoms with E-state index in [-0.39, 0.29) is 24.3 Å². The molecule has 0 unspecified atom stereocenters. The van der Waals surface area contributed by atoms with Crippen LogP contribution in [0, 0.1) is 17.0 Å². The maximum Gasteiger partial charge on any atom is 0.303 e. The van der Waals surface area contributed by atoms with Gasteiger partial charge in [0.2, 0.25) is 0 Å². The van der Waals surface area contributed by atoms with Crippen molar-refractivity contribution >= 4 is 11.5 Å². The summed E-state index contributed by atoms with van der Waals surface area (Å²) in [5.74, 6) is -1.11. The second-order valence-corrected chi connectivity index (χ2v) is 10.4. The Bertz CT molecular complexity index is 1360. The molecule has 0 fully saturated rings. The molecule has 3 aromatic rings. The third-order valence-corrected chi connectivity index (χ3v) is 7.41. The van der Waals surface area contributed by atoms with Crippen LogP contribution in [0.5, 0.6) is 11.5 Å². The molecule has 38 heavy (non-hydrogen) atoms. The van der Waals surface area contributed by atoms with Crippen molar-refractivity contribution in [1.82, 2.24) is 0 Å². The molecular weight excluding hydrogens is 486 g/mol. The highest BCUT2D eigenvalue weighted by Crippen LogP contribution is 2.47. The van der Waals surface area contributed by atoms with Gasteiger partial charge < -0.3 is 14.6 Å². The molecule has 0 heterocycles. The summed E-state index contributed by atoms with van der Waals surface area (Å²) in [6, 6.07) is 15.1. The smallest absolute Gasteiger partial charge is 0.303 e. The van der Waals surface area contributed by atoms with Crippen molar-refractivity contribution in [2.24, 2.45) is 5.41 Å². The van der Waals surface area contributed by atoms with Gasteiger partial charge in [-0.25, -0.2) is 8.78 Å².